The highest BCUT2D eigenvalue weighted by Crippen LogP contribution is 2.18. The maximum absolute atomic E-state index is 12.2. The van der Waals surface area contributed by atoms with Crippen molar-refractivity contribution in [3.8, 4) is 0 Å². The summed E-state index contributed by atoms with van der Waals surface area (Å²) >= 11 is 0. The van der Waals surface area contributed by atoms with E-state index < -0.39 is 15.9 Å². The van der Waals surface area contributed by atoms with E-state index in [1.54, 1.807) is 18.2 Å². The second-order valence-electron chi connectivity index (χ2n) is 4.72. The zero-order valence-corrected chi connectivity index (χ0v) is 12.4. The Hall–Kier alpha value is -2.58. The van der Waals surface area contributed by atoms with E-state index in [4.69, 9.17) is 17.2 Å². The van der Waals surface area contributed by atoms with Crippen LogP contribution in [0.15, 0.2) is 47.4 Å². The van der Waals surface area contributed by atoms with Crippen LogP contribution in [-0.2, 0) is 16.6 Å². The van der Waals surface area contributed by atoms with Crippen molar-refractivity contribution in [3.05, 3.63) is 53.6 Å². The number of carbonyl (C=O) groups is 1. The Bertz CT molecular complexity index is 798. The lowest BCUT2D eigenvalue weighted by molar-refractivity contribution is 0.1000. The van der Waals surface area contributed by atoms with Crippen LogP contribution < -0.4 is 21.9 Å². The summed E-state index contributed by atoms with van der Waals surface area (Å²) in [5.74, 6) is -0.576. The lowest BCUT2D eigenvalue weighted by atomic mass is 10.1. The van der Waals surface area contributed by atoms with Crippen LogP contribution >= 0.6 is 0 Å². The summed E-state index contributed by atoms with van der Waals surface area (Å²) in [6.07, 6.45) is 0. The van der Waals surface area contributed by atoms with E-state index in [1.807, 2.05) is 0 Å². The summed E-state index contributed by atoms with van der Waals surface area (Å²) in [5.41, 5.74) is 17.8. The largest absolute Gasteiger partial charge is 0.399 e. The van der Waals surface area contributed by atoms with Gasteiger partial charge in [-0.3, -0.25) is 4.79 Å². The molecular formula is C14H16N4O3S. The molecule has 8 heteroatoms. The highest BCUT2D eigenvalue weighted by atomic mass is 32.2. The number of nitrogens with one attached hydrogen (secondary N) is 1. The maximum atomic E-state index is 12.2. The van der Waals surface area contributed by atoms with Gasteiger partial charge in [0, 0.05) is 23.5 Å². The van der Waals surface area contributed by atoms with Gasteiger partial charge in [-0.05, 0) is 35.9 Å². The Morgan fingerprint density at radius 2 is 1.68 bits per heavy atom. The molecule has 7 N–H and O–H groups in total. The summed E-state index contributed by atoms with van der Waals surface area (Å²) in [6.45, 7) is 0.0121. The summed E-state index contributed by atoms with van der Waals surface area (Å²) in [5, 5.41) is 0. The van der Waals surface area contributed by atoms with Crippen molar-refractivity contribution < 1.29 is 13.2 Å². The number of benzene rings is 2. The summed E-state index contributed by atoms with van der Waals surface area (Å²) in [4.78, 5) is 11.1. The minimum Gasteiger partial charge on any atom is -0.399 e. The summed E-state index contributed by atoms with van der Waals surface area (Å²) in [6, 6.07) is 10.5. The van der Waals surface area contributed by atoms with Crippen molar-refractivity contribution in [2.45, 2.75) is 11.4 Å². The SMILES string of the molecule is NC(=O)c1cccc(CNS(=O)(=O)c2cc(N)cc(N)c2)c1. The number of nitrogen functional groups attached to an aromatic ring is 2. The van der Waals surface area contributed by atoms with Crippen LogP contribution in [0.25, 0.3) is 0 Å². The van der Waals surface area contributed by atoms with E-state index in [2.05, 4.69) is 4.72 Å². The third-order valence-electron chi connectivity index (χ3n) is 2.94. The average Bonchev–Trinajstić information content (AvgIpc) is 2.44. The molecule has 0 aliphatic carbocycles. The predicted molar refractivity (Wildman–Crippen MR) is 84.3 cm³/mol. The van der Waals surface area contributed by atoms with Gasteiger partial charge in [0.1, 0.15) is 0 Å². The zero-order chi connectivity index (χ0) is 16.3. The van der Waals surface area contributed by atoms with Gasteiger partial charge in [-0.2, -0.15) is 0 Å². The van der Waals surface area contributed by atoms with Gasteiger partial charge in [0.15, 0.2) is 0 Å². The van der Waals surface area contributed by atoms with Gasteiger partial charge < -0.3 is 17.2 Å². The Morgan fingerprint density at radius 1 is 1.05 bits per heavy atom. The second kappa shape index (κ2) is 6.04. The maximum Gasteiger partial charge on any atom is 0.248 e. The lowest BCUT2D eigenvalue weighted by Crippen LogP contribution is -2.23. The summed E-state index contributed by atoms with van der Waals surface area (Å²) in [7, 11) is -3.76. The van der Waals surface area contributed by atoms with Crippen molar-refractivity contribution in [2.75, 3.05) is 11.5 Å². The Kier molecular flexibility index (Phi) is 4.34. The molecule has 0 radical (unpaired) electrons. The number of sulfonamides is 1. The van der Waals surface area contributed by atoms with E-state index in [9.17, 15) is 13.2 Å². The number of primary amides is 1. The van der Waals surface area contributed by atoms with Gasteiger partial charge in [0.05, 0.1) is 4.90 Å². The fourth-order valence-electron chi connectivity index (χ4n) is 1.90. The molecular weight excluding hydrogens is 304 g/mol. The Morgan fingerprint density at radius 3 is 2.27 bits per heavy atom. The second-order valence-corrected chi connectivity index (χ2v) is 6.49. The van der Waals surface area contributed by atoms with Crippen molar-refractivity contribution in [1.82, 2.24) is 4.72 Å². The monoisotopic (exact) mass is 320 g/mol. The van der Waals surface area contributed by atoms with Crippen LogP contribution in [0.5, 0.6) is 0 Å². The molecule has 2 rings (SSSR count). The van der Waals surface area contributed by atoms with Crippen molar-refractivity contribution in [1.29, 1.82) is 0 Å². The lowest BCUT2D eigenvalue weighted by Gasteiger charge is -2.09. The van der Waals surface area contributed by atoms with Gasteiger partial charge in [-0.15, -0.1) is 0 Å². The molecule has 0 heterocycles. The predicted octanol–water partition coefficient (Wildman–Crippen LogP) is 0.428. The van der Waals surface area contributed by atoms with Crippen LogP contribution in [0.1, 0.15) is 15.9 Å². The van der Waals surface area contributed by atoms with Gasteiger partial charge in [0.2, 0.25) is 15.9 Å². The van der Waals surface area contributed by atoms with E-state index in [0.29, 0.717) is 11.1 Å². The minimum absolute atomic E-state index is 0.0121. The molecule has 0 aliphatic heterocycles. The number of rotatable bonds is 5. The molecule has 116 valence electrons. The van der Waals surface area contributed by atoms with Crippen LogP contribution in [0.2, 0.25) is 0 Å². The molecule has 0 atom stereocenters. The molecule has 1 amide bonds. The normalized spacial score (nSPS) is 11.3. The molecule has 0 aromatic heterocycles. The Balaban J connectivity index is 2.19. The number of amides is 1. The molecule has 0 aliphatic rings. The first-order valence-electron chi connectivity index (χ1n) is 6.32. The van der Waals surface area contributed by atoms with Gasteiger partial charge in [-0.1, -0.05) is 12.1 Å². The van der Waals surface area contributed by atoms with Crippen molar-refractivity contribution in [3.63, 3.8) is 0 Å². The zero-order valence-electron chi connectivity index (χ0n) is 11.6. The third kappa shape index (κ3) is 3.74. The van der Waals surface area contributed by atoms with E-state index >= 15 is 0 Å². The first-order valence-corrected chi connectivity index (χ1v) is 7.81. The van der Waals surface area contributed by atoms with Crippen LogP contribution in [0.3, 0.4) is 0 Å². The number of nitrogens with two attached hydrogens (primary N) is 3. The number of hydrogen-bond acceptors (Lipinski definition) is 5. The molecule has 22 heavy (non-hydrogen) atoms. The molecule has 0 fully saturated rings. The fourth-order valence-corrected chi connectivity index (χ4v) is 3.00. The van der Waals surface area contributed by atoms with Gasteiger partial charge in [0.25, 0.3) is 0 Å². The number of anilines is 2. The van der Waals surface area contributed by atoms with Crippen LogP contribution in [0.4, 0.5) is 11.4 Å². The van der Waals surface area contributed by atoms with E-state index in [-0.39, 0.29) is 22.8 Å². The van der Waals surface area contributed by atoms with E-state index in [0.717, 1.165) is 0 Å². The molecule has 0 saturated heterocycles. The third-order valence-corrected chi connectivity index (χ3v) is 4.32. The standard InChI is InChI=1S/C14H16N4O3S/c15-11-5-12(16)7-13(6-11)22(20,21)18-8-9-2-1-3-10(4-9)14(17)19/h1-7,18H,8,15-16H2,(H2,17,19). The molecule has 0 saturated carbocycles. The minimum atomic E-state index is -3.76. The first kappa shape index (κ1) is 15.8. The average molecular weight is 320 g/mol. The highest BCUT2D eigenvalue weighted by molar-refractivity contribution is 7.89. The molecule has 2 aromatic rings. The molecule has 0 spiro atoms. The molecule has 7 nitrogen and oxygen atoms in total. The summed E-state index contributed by atoms with van der Waals surface area (Å²) < 4.78 is 26.9. The van der Waals surface area contributed by atoms with Gasteiger partial charge in [-0.25, -0.2) is 13.1 Å². The Labute approximate surface area is 128 Å². The smallest absolute Gasteiger partial charge is 0.248 e. The number of hydrogen-bond donors (Lipinski definition) is 4. The molecule has 0 bridgehead atoms. The van der Waals surface area contributed by atoms with E-state index in [1.165, 1.54) is 24.3 Å². The number of carbonyl (C=O) groups excluding carboxylic acids is 1. The van der Waals surface area contributed by atoms with Crippen LogP contribution in [0, 0.1) is 0 Å². The van der Waals surface area contributed by atoms with Crippen molar-refractivity contribution >= 4 is 27.3 Å². The van der Waals surface area contributed by atoms with Crippen LogP contribution in [-0.4, -0.2) is 14.3 Å². The highest BCUT2D eigenvalue weighted by Gasteiger charge is 2.15. The van der Waals surface area contributed by atoms with Crippen molar-refractivity contribution in [2.24, 2.45) is 5.73 Å². The molecule has 2 aromatic carbocycles. The fraction of sp³-hybridized carbons (Fsp3) is 0.0714. The first-order chi connectivity index (χ1) is 10.3. The topological polar surface area (TPSA) is 141 Å². The quantitative estimate of drug-likeness (QED) is 0.591. The molecule has 0 unspecified atom stereocenters. The van der Waals surface area contributed by atoms with Gasteiger partial charge >= 0.3 is 0 Å².